The average Bonchev–Trinajstić information content (AvgIpc) is 3.18. The smallest absolute Gasteiger partial charge is 0.254 e. The quantitative estimate of drug-likeness (QED) is 0.605. The molecule has 26 heavy (non-hydrogen) atoms. The summed E-state index contributed by atoms with van der Waals surface area (Å²) in [5.74, 6) is -0.297. The summed E-state index contributed by atoms with van der Waals surface area (Å²) in [6.07, 6.45) is 3.11. The Bertz CT molecular complexity index is 1130. The maximum Gasteiger partial charge on any atom is 0.254 e. The molecule has 6 nitrogen and oxygen atoms in total. The van der Waals surface area contributed by atoms with Crippen LogP contribution in [0, 0.1) is 0 Å². The standard InChI is InChI=1S/C19H14N4O2S/c24-18(22-15-6-1-5-14-13(15)4-2-8-20-14)11-23-12-21-16(10-19(23)25)17-7-3-9-26-17/h1-10,12H,11H2,(H,22,24). The van der Waals surface area contributed by atoms with E-state index in [9.17, 15) is 9.59 Å². The van der Waals surface area contributed by atoms with Crippen LogP contribution >= 0.6 is 11.3 Å². The molecule has 0 saturated carbocycles. The zero-order valence-corrected chi connectivity index (χ0v) is 14.4. The van der Waals surface area contributed by atoms with Gasteiger partial charge in [-0.2, -0.15) is 0 Å². The second kappa shape index (κ2) is 6.89. The second-order valence-electron chi connectivity index (χ2n) is 5.64. The molecule has 0 aliphatic heterocycles. The van der Waals surface area contributed by atoms with Crippen LogP contribution in [0.5, 0.6) is 0 Å². The zero-order valence-electron chi connectivity index (χ0n) is 13.6. The Balaban J connectivity index is 1.54. The van der Waals surface area contributed by atoms with E-state index in [1.807, 2.05) is 47.8 Å². The topological polar surface area (TPSA) is 76.9 Å². The van der Waals surface area contributed by atoms with Crippen LogP contribution in [0.25, 0.3) is 21.5 Å². The third-order valence-electron chi connectivity index (χ3n) is 3.89. The maximum atomic E-state index is 12.4. The summed E-state index contributed by atoms with van der Waals surface area (Å²) in [4.78, 5) is 34.1. The van der Waals surface area contributed by atoms with E-state index in [0.29, 0.717) is 11.4 Å². The zero-order chi connectivity index (χ0) is 17.9. The summed E-state index contributed by atoms with van der Waals surface area (Å²) < 4.78 is 1.29. The maximum absolute atomic E-state index is 12.4. The van der Waals surface area contributed by atoms with E-state index in [-0.39, 0.29) is 18.0 Å². The van der Waals surface area contributed by atoms with Gasteiger partial charge in [-0.3, -0.25) is 19.1 Å². The van der Waals surface area contributed by atoms with Crippen molar-refractivity contribution in [2.24, 2.45) is 0 Å². The van der Waals surface area contributed by atoms with Gasteiger partial charge in [-0.05, 0) is 35.7 Å². The Hall–Kier alpha value is -3.32. The van der Waals surface area contributed by atoms with Gasteiger partial charge in [0, 0.05) is 17.6 Å². The van der Waals surface area contributed by atoms with Gasteiger partial charge in [0.25, 0.3) is 5.56 Å². The molecule has 7 heteroatoms. The lowest BCUT2D eigenvalue weighted by molar-refractivity contribution is -0.116. The van der Waals surface area contributed by atoms with Crippen molar-refractivity contribution in [3.8, 4) is 10.6 Å². The first-order valence-electron chi connectivity index (χ1n) is 7.95. The minimum Gasteiger partial charge on any atom is -0.324 e. The molecule has 0 fully saturated rings. The minimum absolute atomic E-state index is 0.104. The average molecular weight is 362 g/mol. The molecule has 1 amide bonds. The van der Waals surface area contributed by atoms with Crippen molar-refractivity contribution in [2.75, 3.05) is 5.32 Å². The Morgan fingerprint density at radius 3 is 2.85 bits per heavy atom. The normalized spacial score (nSPS) is 10.8. The van der Waals surface area contributed by atoms with E-state index in [4.69, 9.17) is 0 Å². The third-order valence-corrected chi connectivity index (χ3v) is 4.78. The van der Waals surface area contributed by atoms with Gasteiger partial charge in [-0.15, -0.1) is 11.3 Å². The lowest BCUT2D eigenvalue weighted by Gasteiger charge is -2.09. The van der Waals surface area contributed by atoms with Crippen molar-refractivity contribution >= 4 is 33.8 Å². The Morgan fingerprint density at radius 2 is 2.04 bits per heavy atom. The first kappa shape index (κ1) is 16.2. The van der Waals surface area contributed by atoms with Crippen molar-refractivity contribution in [3.05, 3.63) is 76.8 Å². The lowest BCUT2D eigenvalue weighted by Crippen LogP contribution is -2.27. The number of anilines is 1. The highest BCUT2D eigenvalue weighted by atomic mass is 32.1. The predicted octanol–water partition coefficient (Wildman–Crippen LogP) is 3.16. The molecular formula is C19H14N4O2S. The van der Waals surface area contributed by atoms with Gasteiger partial charge in [0.1, 0.15) is 6.54 Å². The molecule has 0 atom stereocenters. The highest BCUT2D eigenvalue weighted by molar-refractivity contribution is 7.13. The van der Waals surface area contributed by atoms with E-state index >= 15 is 0 Å². The van der Waals surface area contributed by atoms with Crippen molar-refractivity contribution in [2.45, 2.75) is 6.54 Å². The summed E-state index contributed by atoms with van der Waals surface area (Å²) in [6.45, 7) is -0.104. The van der Waals surface area contributed by atoms with Gasteiger partial charge < -0.3 is 5.32 Å². The summed E-state index contributed by atoms with van der Waals surface area (Å²) in [7, 11) is 0. The summed E-state index contributed by atoms with van der Waals surface area (Å²) in [6, 6.07) is 14.5. The number of thiophene rings is 1. The van der Waals surface area contributed by atoms with Crippen LogP contribution in [-0.4, -0.2) is 20.4 Å². The fraction of sp³-hybridized carbons (Fsp3) is 0.0526. The molecule has 0 unspecified atom stereocenters. The predicted molar refractivity (Wildman–Crippen MR) is 102 cm³/mol. The van der Waals surface area contributed by atoms with Crippen LogP contribution in [0.4, 0.5) is 5.69 Å². The fourth-order valence-electron chi connectivity index (χ4n) is 2.66. The van der Waals surface area contributed by atoms with Crippen LogP contribution in [-0.2, 0) is 11.3 Å². The number of aromatic nitrogens is 3. The van der Waals surface area contributed by atoms with Crippen LogP contribution < -0.4 is 10.9 Å². The number of nitrogens with zero attached hydrogens (tertiary/aromatic N) is 3. The van der Waals surface area contributed by atoms with Gasteiger partial charge in [0.05, 0.1) is 28.1 Å². The third kappa shape index (κ3) is 3.25. The van der Waals surface area contributed by atoms with Crippen LogP contribution in [0.1, 0.15) is 0 Å². The van der Waals surface area contributed by atoms with Gasteiger partial charge in [0.2, 0.25) is 5.91 Å². The monoisotopic (exact) mass is 362 g/mol. The number of fused-ring (bicyclic) bond motifs is 1. The highest BCUT2D eigenvalue weighted by Gasteiger charge is 2.09. The van der Waals surface area contributed by atoms with Gasteiger partial charge in [0.15, 0.2) is 0 Å². The van der Waals surface area contributed by atoms with E-state index in [2.05, 4.69) is 15.3 Å². The molecule has 0 aliphatic carbocycles. The molecule has 0 bridgehead atoms. The number of hydrogen-bond donors (Lipinski definition) is 1. The molecule has 4 rings (SSSR count). The van der Waals surface area contributed by atoms with Gasteiger partial charge >= 0.3 is 0 Å². The Morgan fingerprint density at radius 1 is 1.12 bits per heavy atom. The van der Waals surface area contributed by atoms with Crippen LogP contribution in [0.3, 0.4) is 0 Å². The largest absolute Gasteiger partial charge is 0.324 e. The molecule has 3 aromatic heterocycles. The molecule has 0 saturated heterocycles. The molecule has 0 radical (unpaired) electrons. The van der Waals surface area contributed by atoms with E-state index in [0.717, 1.165) is 15.8 Å². The minimum atomic E-state index is -0.297. The molecule has 0 spiro atoms. The van der Waals surface area contributed by atoms with Crippen molar-refractivity contribution in [1.82, 2.24) is 14.5 Å². The van der Waals surface area contributed by atoms with Gasteiger partial charge in [-0.25, -0.2) is 4.98 Å². The number of nitrogens with one attached hydrogen (secondary N) is 1. The number of amides is 1. The molecular weight excluding hydrogens is 348 g/mol. The molecule has 1 N–H and O–H groups in total. The van der Waals surface area contributed by atoms with Crippen molar-refractivity contribution in [3.63, 3.8) is 0 Å². The number of carbonyl (C=O) groups excluding carboxylic acids is 1. The number of rotatable bonds is 4. The number of benzene rings is 1. The Kier molecular flexibility index (Phi) is 4.28. The van der Waals surface area contributed by atoms with E-state index in [1.165, 1.54) is 28.3 Å². The first-order chi connectivity index (χ1) is 12.7. The summed E-state index contributed by atoms with van der Waals surface area (Å²) in [5.41, 5.74) is 1.81. The highest BCUT2D eigenvalue weighted by Crippen LogP contribution is 2.22. The van der Waals surface area contributed by atoms with Crippen LogP contribution in [0.2, 0.25) is 0 Å². The van der Waals surface area contributed by atoms with Crippen molar-refractivity contribution < 1.29 is 4.79 Å². The van der Waals surface area contributed by atoms with Crippen molar-refractivity contribution in [1.29, 1.82) is 0 Å². The first-order valence-corrected chi connectivity index (χ1v) is 8.82. The number of pyridine rings is 1. The summed E-state index contributed by atoms with van der Waals surface area (Å²) >= 11 is 1.51. The molecule has 0 aliphatic rings. The lowest BCUT2D eigenvalue weighted by atomic mass is 10.2. The molecule has 1 aromatic carbocycles. The number of hydrogen-bond acceptors (Lipinski definition) is 5. The fourth-order valence-corrected chi connectivity index (χ4v) is 3.35. The summed E-state index contributed by atoms with van der Waals surface area (Å²) in [5, 5.41) is 5.61. The molecule has 3 heterocycles. The number of carbonyl (C=O) groups is 1. The second-order valence-corrected chi connectivity index (χ2v) is 6.59. The van der Waals surface area contributed by atoms with Gasteiger partial charge in [-0.1, -0.05) is 12.1 Å². The Labute approximate surface area is 152 Å². The molecule has 128 valence electrons. The van der Waals surface area contributed by atoms with E-state index < -0.39 is 0 Å². The molecule has 4 aromatic rings. The van der Waals surface area contributed by atoms with E-state index in [1.54, 1.807) is 6.20 Å². The van der Waals surface area contributed by atoms with Crippen LogP contribution in [0.15, 0.2) is 71.2 Å². The SMILES string of the molecule is O=C(Cn1cnc(-c2cccs2)cc1=O)Nc1cccc2ncccc12.